The van der Waals surface area contributed by atoms with Crippen molar-refractivity contribution in [2.75, 3.05) is 26.3 Å². The van der Waals surface area contributed by atoms with Crippen LogP contribution in [0.25, 0.3) is 0 Å². The van der Waals surface area contributed by atoms with Crippen molar-refractivity contribution in [2.45, 2.75) is 64.6 Å². The standard InChI is InChI=1S/C15H30N2O/c1-12-11-18-10-7-14(12)17-8-5-13(6-9-17)16-15(2,3)4/h12-14,16H,5-11H2,1-4H3/t12-,14+/m0/s1. The molecule has 3 nitrogen and oxygen atoms in total. The number of nitrogens with one attached hydrogen (secondary N) is 1. The number of likely N-dealkylation sites (tertiary alicyclic amines) is 1. The van der Waals surface area contributed by atoms with Crippen LogP contribution in [0.1, 0.15) is 47.0 Å². The molecule has 0 spiro atoms. The van der Waals surface area contributed by atoms with Crippen LogP contribution in [-0.4, -0.2) is 48.8 Å². The van der Waals surface area contributed by atoms with Crippen LogP contribution in [-0.2, 0) is 4.74 Å². The molecule has 0 saturated carbocycles. The first-order valence-electron chi connectivity index (χ1n) is 7.55. The molecule has 0 bridgehead atoms. The smallest absolute Gasteiger partial charge is 0.0506 e. The van der Waals surface area contributed by atoms with Crippen molar-refractivity contribution in [2.24, 2.45) is 5.92 Å². The number of hydrogen-bond acceptors (Lipinski definition) is 3. The van der Waals surface area contributed by atoms with E-state index in [0.717, 1.165) is 19.3 Å². The van der Waals surface area contributed by atoms with Gasteiger partial charge < -0.3 is 10.1 Å². The van der Waals surface area contributed by atoms with Crippen molar-refractivity contribution in [1.82, 2.24) is 10.2 Å². The maximum Gasteiger partial charge on any atom is 0.0506 e. The van der Waals surface area contributed by atoms with Crippen LogP contribution in [0.4, 0.5) is 0 Å². The van der Waals surface area contributed by atoms with Crippen molar-refractivity contribution >= 4 is 0 Å². The minimum Gasteiger partial charge on any atom is -0.381 e. The minimum absolute atomic E-state index is 0.249. The summed E-state index contributed by atoms with van der Waals surface area (Å²) >= 11 is 0. The fourth-order valence-electron chi connectivity index (χ4n) is 3.40. The van der Waals surface area contributed by atoms with E-state index < -0.39 is 0 Å². The summed E-state index contributed by atoms with van der Waals surface area (Å²) in [5.74, 6) is 0.700. The highest BCUT2D eigenvalue weighted by molar-refractivity contribution is 4.87. The molecular formula is C15H30N2O. The molecule has 2 saturated heterocycles. The van der Waals surface area contributed by atoms with E-state index in [4.69, 9.17) is 4.74 Å². The molecule has 0 unspecified atom stereocenters. The van der Waals surface area contributed by atoms with Gasteiger partial charge >= 0.3 is 0 Å². The van der Waals surface area contributed by atoms with Crippen molar-refractivity contribution < 1.29 is 4.74 Å². The minimum atomic E-state index is 0.249. The van der Waals surface area contributed by atoms with Crippen LogP contribution in [0.5, 0.6) is 0 Å². The maximum absolute atomic E-state index is 5.55. The Morgan fingerprint density at radius 1 is 1.11 bits per heavy atom. The summed E-state index contributed by atoms with van der Waals surface area (Å²) < 4.78 is 5.55. The summed E-state index contributed by atoms with van der Waals surface area (Å²) in [4.78, 5) is 2.70. The highest BCUT2D eigenvalue weighted by Gasteiger charge is 2.31. The number of hydrogen-bond donors (Lipinski definition) is 1. The van der Waals surface area contributed by atoms with Gasteiger partial charge in [0.25, 0.3) is 0 Å². The van der Waals surface area contributed by atoms with E-state index in [0.29, 0.717) is 12.0 Å². The lowest BCUT2D eigenvalue weighted by atomic mass is 9.92. The van der Waals surface area contributed by atoms with E-state index in [2.05, 4.69) is 37.9 Å². The van der Waals surface area contributed by atoms with Gasteiger partial charge in [0.1, 0.15) is 0 Å². The summed E-state index contributed by atoms with van der Waals surface area (Å²) in [7, 11) is 0. The normalized spacial score (nSPS) is 32.7. The maximum atomic E-state index is 5.55. The predicted octanol–water partition coefficient (Wildman–Crippen LogP) is 2.26. The molecule has 2 aliphatic heterocycles. The Labute approximate surface area is 112 Å². The number of rotatable bonds is 2. The molecule has 0 aromatic heterocycles. The van der Waals surface area contributed by atoms with Gasteiger partial charge in [0, 0.05) is 24.2 Å². The van der Waals surface area contributed by atoms with Gasteiger partial charge in [0.05, 0.1) is 6.61 Å². The van der Waals surface area contributed by atoms with Gasteiger partial charge in [-0.3, -0.25) is 4.90 Å². The van der Waals surface area contributed by atoms with Crippen LogP contribution in [0.15, 0.2) is 0 Å². The lowest BCUT2D eigenvalue weighted by Crippen LogP contribution is -2.53. The third-order valence-corrected chi connectivity index (χ3v) is 4.23. The highest BCUT2D eigenvalue weighted by atomic mass is 16.5. The Morgan fingerprint density at radius 2 is 1.78 bits per heavy atom. The molecule has 2 atom stereocenters. The summed E-state index contributed by atoms with van der Waals surface area (Å²) in [6, 6.07) is 1.46. The molecule has 3 heteroatoms. The average Bonchev–Trinajstić information content (AvgIpc) is 2.29. The highest BCUT2D eigenvalue weighted by Crippen LogP contribution is 2.24. The zero-order chi connectivity index (χ0) is 13.2. The SMILES string of the molecule is C[C@H]1COCC[C@H]1N1CCC(NC(C)(C)C)CC1. The predicted molar refractivity (Wildman–Crippen MR) is 75.9 cm³/mol. The van der Waals surface area contributed by atoms with Gasteiger partial charge in [-0.25, -0.2) is 0 Å². The second-order valence-electron chi connectivity index (χ2n) is 7.11. The third kappa shape index (κ3) is 3.94. The van der Waals surface area contributed by atoms with Gasteiger partial charge in [0.15, 0.2) is 0 Å². The molecule has 2 heterocycles. The van der Waals surface area contributed by atoms with Crippen LogP contribution < -0.4 is 5.32 Å². The van der Waals surface area contributed by atoms with E-state index in [1.54, 1.807) is 0 Å². The second kappa shape index (κ2) is 5.89. The van der Waals surface area contributed by atoms with Crippen molar-refractivity contribution in [3.05, 3.63) is 0 Å². The van der Waals surface area contributed by atoms with E-state index in [1.807, 2.05) is 0 Å². The first-order chi connectivity index (χ1) is 8.46. The monoisotopic (exact) mass is 254 g/mol. The van der Waals surface area contributed by atoms with Gasteiger partial charge in [-0.05, 0) is 59.0 Å². The van der Waals surface area contributed by atoms with Crippen LogP contribution in [0.3, 0.4) is 0 Å². The molecular weight excluding hydrogens is 224 g/mol. The summed E-state index contributed by atoms with van der Waals surface area (Å²) in [6.45, 7) is 13.5. The average molecular weight is 254 g/mol. The lowest BCUT2D eigenvalue weighted by molar-refractivity contribution is -0.0149. The molecule has 0 amide bonds. The number of ether oxygens (including phenoxy) is 1. The van der Waals surface area contributed by atoms with Crippen molar-refractivity contribution in [3.63, 3.8) is 0 Å². The molecule has 2 aliphatic rings. The quantitative estimate of drug-likeness (QED) is 0.818. The number of piperidine rings is 1. The fourth-order valence-corrected chi connectivity index (χ4v) is 3.40. The van der Waals surface area contributed by atoms with Crippen molar-refractivity contribution in [3.8, 4) is 0 Å². The van der Waals surface area contributed by atoms with Gasteiger partial charge in [-0.2, -0.15) is 0 Å². The van der Waals surface area contributed by atoms with Crippen LogP contribution in [0, 0.1) is 5.92 Å². The fraction of sp³-hybridized carbons (Fsp3) is 1.00. The Kier molecular flexibility index (Phi) is 4.68. The second-order valence-corrected chi connectivity index (χ2v) is 7.11. The van der Waals surface area contributed by atoms with E-state index in [9.17, 15) is 0 Å². The van der Waals surface area contributed by atoms with Gasteiger partial charge in [-0.15, -0.1) is 0 Å². The van der Waals surface area contributed by atoms with E-state index >= 15 is 0 Å². The van der Waals surface area contributed by atoms with Gasteiger partial charge in [-0.1, -0.05) is 6.92 Å². The lowest BCUT2D eigenvalue weighted by Gasteiger charge is -2.43. The van der Waals surface area contributed by atoms with Crippen LogP contribution in [0.2, 0.25) is 0 Å². The third-order valence-electron chi connectivity index (χ3n) is 4.23. The largest absolute Gasteiger partial charge is 0.381 e. The van der Waals surface area contributed by atoms with E-state index in [-0.39, 0.29) is 5.54 Å². The first kappa shape index (κ1) is 14.3. The summed E-state index contributed by atoms with van der Waals surface area (Å²) in [5.41, 5.74) is 0.249. The first-order valence-corrected chi connectivity index (χ1v) is 7.55. The molecule has 0 aromatic rings. The Hall–Kier alpha value is -0.120. The molecule has 2 rings (SSSR count). The Morgan fingerprint density at radius 3 is 2.33 bits per heavy atom. The molecule has 0 aromatic carbocycles. The molecule has 0 aliphatic carbocycles. The number of nitrogens with zero attached hydrogens (tertiary/aromatic N) is 1. The zero-order valence-corrected chi connectivity index (χ0v) is 12.5. The molecule has 0 radical (unpaired) electrons. The van der Waals surface area contributed by atoms with E-state index in [1.165, 1.54) is 32.4 Å². The summed E-state index contributed by atoms with van der Waals surface area (Å²) in [6.07, 6.45) is 3.81. The zero-order valence-electron chi connectivity index (χ0n) is 12.5. The molecule has 18 heavy (non-hydrogen) atoms. The molecule has 1 N–H and O–H groups in total. The van der Waals surface area contributed by atoms with Gasteiger partial charge in [0.2, 0.25) is 0 Å². The van der Waals surface area contributed by atoms with Crippen molar-refractivity contribution in [1.29, 1.82) is 0 Å². The van der Waals surface area contributed by atoms with Crippen LogP contribution >= 0.6 is 0 Å². The Balaban J connectivity index is 1.79. The molecule has 106 valence electrons. The summed E-state index contributed by atoms with van der Waals surface area (Å²) in [5, 5.41) is 3.74. The molecule has 2 fully saturated rings. The topological polar surface area (TPSA) is 24.5 Å². The Bertz CT molecular complexity index is 254.